The maximum atomic E-state index is 12.7. The molecule has 7 nitrogen and oxygen atoms in total. The molecule has 23 heavy (non-hydrogen) atoms. The highest BCUT2D eigenvalue weighted by Gasteiger charge is 2.24. The average Bonchev–Trinajstić information content (AvgIpc) is 3.06. The number of amides is 4. The van der Waals surface area contributed by atoms with Gasteiger partial charge in [-0.1, -0.05) is 12.1 Å². The molecule has 1 aliphatic heterocycles. The van der Waals surface area contributed by atoms with E-state index in [0.29, 0.717) is 11.3 Å². The third-order valence-corrected chi connectivity index (χ3v) is 3.82. The van der Waals surface area contributed by atoms with Gasteiger partial charge in [-0.15, -0.1) is 0 Å². The van der Waals surface area contributed by atoms with E-state index in [1.807, 2.05) is 13.0 Å². The maximum Gasteiger partial charge on any atom is 0.319 e. The van der Waals surface area contributed by atoms with Gasteiger partial charge in [-0.25, -0.2) is 4.79 Å². The molecule has 7 heteroatoms. The minimum atomic E-state index is -0.519. The van der Waals surface area contributed by atoms with Crippen molar-refractivity contribution in [3.8, 4) is 0 Å². The molecular formula is C16H22N4O3. The van der Waals surface area contributed by atoms with Crippen molar-refractivity contribution in [2.45, 2.75) is 19.8 Å². The maximum absolute atomic E-state index is 12.7. The summed E-state index contributed by atoms with van der Waals surface area (Å²) in [5.41, 5.74) is 1.77. The number of anilines is 1. The number of hydrogen-bond acceptors (Lipinski definition) is 3. The van der Waals surface area contributed by atoms with Gasteiger partial charge in [-0.05, 0) is 31.4 Å². The fraction of sp³-hybridized carbons (Fsp3) is 0.438. The van der Waals surface area contributed by atoms with Crippen LogP contribution in [0.15, 0.2) is 18.2 Å². The number of likely N-dealkylation sites (N-methyl/N-ethyl adjacent to an activating group) is 1. The highest BCUT2D eigenvalue weighted by molar-refractivity contribution is 6.05. The molecule has 0 unspecified atom stereocenters. The van der Waals surface area contributed by atoms with Gasteiger partial charge >= 0.3 is 6.03 Å². The van der Waals surface area contributed by atoms with Crippen LogP contribution in [0.3, 0.4) is 0 Å². The van der Waals surface area contributed by atoms with Crippen LogP contribution in [0, 0.1) is 6.92 Å². The Hall–Kier alpha value is -2.57. The molecule has 1 saturated heterocycles. The zero-order chi connectivity index (χ0) is 16.8. The van der Waals surface area contributed by atoms with Crippen molar-refractivity contribution >= 4 is 23.5 Å². The largest absolute Gasteiger partial charge is 0.358 e. The SMILES string of the molecule is CNC(=O)CNC(=O)Nc1cccc(C)c1C(=O)N1CCCC1. The molecule has 1 aromatic carbocycles. The summed E-state index contributed by atoms with van der Waals surface area (Å²) in [6.45, 7) is 3.21. The molecule has 0 radical (unpaired) electrons. The van der Waals surface area contributed by atoms with Gasteiger partial charge in [0.25, 0.3) is 5.91 Å². The van der Waals surface area contributed by atoms with Crippen molar-refractivity contribution < 1.29 is 14.4 Å². The third-order valence-electron chi connectivity index (χ3n) is 3.82. The Morgan fingerprint density at radius 3 is 2.52 bits per heavy atom. The van der Waals surface area contributed by atoms with E-state index in [-0.39, 0.29) is 18.4 Å². The fourth-order valence-corrected chi connectivity index (χ4v) is 2.55. The van der Waals surface area contributed by atoms with Gasteiger partial charge in [0.2, 0.25) is 5.91 Å². The van der Waals surface area contributed by atoms with E-state index in [9.17, 15) is 14.4 Å². The Morgan fingerprint density at radius 1 is 1.17 bits per heavy atom. The second-order valence-electron chi connectivity index (χ2n) is 5.48. The first-order valence-electron chi connectivity index (χ1n) is 7.67. The van der Waals surface area contributed by atoms with Gasteiger partial charge in [0.15, 0.2) is 0 Å². The number of urea groups is 1. The number of benzene rings is 1. The molecule has 0 spiro atoms. The first-order chi connectivity index (χ1) is 11.0. The summed E-state index contributed by atoms with van der Waals surface area (Å²) in [6, 6.07) is 4.80. The first-order valence-corrected chi connectivity index (χ1v) is 7.67. The van der Waals surface area contributed by atoms with Crippen LogP contribution in [-0.2, 0) is 4.79 Å². The Bertz CT molecular complexity index is 609. The van der Waals surface area contributed by atoms with Crippen LogP contribution in [0.1, 0.15) is 28.8 Å². The molecule has 1 heterocycles. The Morgan fingerprint density at radius 2 is 1.87 bits per heavy atom. The molecule has 0 bridgehead atoms. The van der Waals surface area contributed by atoms with Gasteiger partial charge < -0.3 is 20.9 Å². The van der Waals surface area contributed by atoms with Crippen molar-refractivity contribution in [2.24, 2.45) is 0 Å². The van der Waals surface area contributed by atoms with E-state index >= 15 is 0 Å². The summed E-state index contributed by atoms with van der Waals surface area (Å²) in [5.74, 6) is -0.361. The number of nitrogens with zero attached hydrogens (tertiary/aromatic N) is 1. The zero-order valence-electron chi connectivity index (χ0n) is 13.4. The van der Waals surface area contributed by atoms with Crippen molar-refractivity contribution in [3.63, 3.8) is 0 Å². The van der Waals surface area contributed by atoms with Crippen LogP contribution < -0.4 is 16.0 Å². The second kappa shape index (κ2) is 7.62. The molecule has 0 atom stereocenters. The topological polar surface area (TPSA) is 90.5 Å². The number of carbonyl (C=O) groups is 3. The van der Waals surface area contributed by atoms with E-state index in [2.05, 4.69) is 16.0 Å². The molecule has 1 aliphatic rings. The zero-order valence-corrected chi connectivity index (χ0v) is 13.4. The summed E-state index contributed by atoms with van der Waals surface area (Å²) in [6.07, 6.45) is 2.01. The number of carbonyl (C=O) groups excluding carboxylic acids is 3. The van der Waals surface area contributed by atoms with E-state index in [1.54, 1.807) is 17.0 Å². The molecular weight excluding hydrogens is 296 g/mol. The van der Waals surface area contributed by atoms with Gasteiger partial charge in [0.1, 0.15) is 0 Å². The lowest BCUT2D eigenvalue weighted by Crippen LogP contribution is -2.38. The van der Waals surface area contributed by atoms with Crippen LogP contribution in [-0.4, -0.2) is 49.4 Å². The van der Waals surface area contributed by atoms with Crippen molar-refractivity contribution in [2.75, 3.05) is 32.0 Å². The molecule has 1 fully saturated rings. The predicted molar refractivity (Wildman–Crippen MR) is 87.4 cm³/mol. The van der Waals surface area contributed by atoms with Crippen LogP contribution in [0.2, 0.25) is 0 Å². The van der Waals surface area contributed by atoms with Crippen LogP contribution in [0.4, 0.5) is 10.5 Å². The standard InChI is InChI=1S/C16H22N4O3/c1-11-6-5-7-12(19-16(23)18-10-13(21)17-2)14(11)15(22)20-8-3-4-9-20/h5-7H,3-4,8-10H2,1-2H3,(H,17,21)(H2,18,19,23). The number of aryl methyl sites for hydroxylation is 1. The number of hydrogen-bond donors (Lipinski definition) is 3. The van der Waals surface area contributed by atoms with Gasteiger partial charge in [-0.2, -0.15) is 0 Å². The van der Waals surface area contributed by atoms with Crippen LogP contribution in [0.25, 0.3) is 0 Å². The lowest BCUT2D eigenvalue weighted by molar-refractivity contribution is -0.119. The van der Waals surface area contributed by atoms with E-state index in [4.69, 9.17) is 0 Å². The molecule has 3 N–H and O–H groups in total. The molecule has 124 valence electrons. The Labute approximate surface area is 135 Å². The van der Waals surface area contributed by atoms with E-state index < -0.39 is 6.03 Å². The molecule has 1 aromatic rings. The third kappa shape index (κ3) is 4.21. The molecule has 0 aliphatic carbocycles. The van der Waals surface area contributed by atoms with Crippen LogP contribution >= 0.6 is 0 Å². The number of nitrogens with one attached hydrogen (secondary N) is 3. The predicted octanol–water partition coefficient (Wildman–Crippen LogP) is 1.10. The summed E-state index contributed by atoms with van der Waals surface area (Å²) in [7, 11) is 1.50. The summed E-state index contributed by atoms with van der Waals surface area (Å²) in [5, 5.41) is 7.53. The monoisotopic (exact) mass is 318 g/mol. The van der Waals surface area contributed by atoms with Crippen molar-refractivity contribution in [3.05, 3.63) is 29.3 Å². The van der Waals surface area contributed by atoms with Gasteiger partial charge in [-0.3, -0.25) is 9.59 Å². The summed E-state index contributed by atoms with van der Waals surface area (Å²) >= 11 is 0. The van der Waals surface area contributed by atoms with Crippen molar-refractivity contribution in [1.29, 1.82) is 0 Å². The Balaban J connectivity index is 2.12. The average molecular weight is 318 g/mol. The molecule has 0 aromatic heterocycles. The highest BCUT2D eigenvalue weighted by Crippen LogP contribution is 2.23. The molecule has 0 saturated carbocycles. The highest BCUT2D eigenvalue weighted by atomic mass is 16.2. The van der Waals surface area contributed by atoms with Gasteiger partial charge in [0, 0.05) is 20.1 Å². The smallest absolute Gasteiger partial charge is 0.319 e. The fourth-order valence-electron chi connectivity index (χ4n) is 2.55. The molecule has 2 rings (SSSR count). The normalized spacial score (nSPS) is 13.6. The second-order valence-corrected chi connectivity index (χ2v) is 5.48. The molecule has 4 amide bonds. The van der Waals surface area contributed by atoms with Crippen molar-refractivity contribution in [1.82, 2.24) is 15.5 Å². The Kier molecular flexibility index (Phi) is 5.56. The minimum Gasteiger partial charge on any atom is -0.358 e. The van der Waals surface area contributed by atoms with E-state index in [0.717, 1.165) is 31.5 Å². The lowest BCUT2D eigenvalue weighted by atomic mass is 10.1. The minimum absolute atomic E-state index is 0.0674. The number of likely N-dealkylation sites (tertiary alicyclic amines) is 1. The lowest BCUT2D eigenvalue weighted by Gasteiger charge is -2.19. The van der Waals surface area contributed by atoms with E-state index in [1.165, 1.54) is 7.05 Å². The van der Waals surface area contributed by atoms with Crippen LogP contribution in [0.5, 0.6) is 0 Å². The number of rotatable bonds is 4. The summed E-state index contributed by atoms with van der Waals surface area (Å²) < 4.78 is 0. The van der Waals surface area contributed by atoms with Gasteiger partial charge in [0.05, 0.1) is 17.8 Å². The first kappa shape index (κ1) is 16.8. The quantitative estimate of drug-likeness (QED) is 0.776. The summed E-state index contributed by atoms with van der Waals surface area (Å²) in [4.78, 5) is 37.5.